The van der Waals surface area contributed by atoms with Crippen molar-refractivity contribution in [2.24, 2.45) is 0 Å². The third-order valence-electron chi connectivity index (χ3n) is 3.79. The molecular formula is C17H15NO4S. The van der Waals surface area contributed by atoms with Crippen LogP contribution >= 0.6 is 0 Å². The molecule has 0 saturated heterocycles. The van der Waals surface area contributed by atoms with Crippen molar-refractivity contribution in [1.82, 2.24) is 3.97 Å². The Bertz CT molecular complexity index is 988. The summed E-state index contributed by atoms with van der Waals surface area (Å²) in [6.07, 6.45) is 1.79. The van der Waals surface area contributed by atoms with E-state index < -0.39 is 16.0 Å². The number of carboxylic acids is 1. The van der Waals surface area contributed by atoms with Crippen molar-refractivity contribution in [3.05, 3.63) is 65.9 Å². The second-order valence-corrected chi connectivity index (χ2v) is 6.94. The lowest BCUT2D eigenvalue weighted by atomic mass is 10.1. The van der Waals surface area contributed by atoms with Crippen molar-refractivity contribution < 1.29 is 18.3 Å². The third-order valence-corrected chi connectivity index (χ3v) is 5.46. The minimum atomic E-state index is -3.86. The van der Waals surface area contributed by atoms with E-state index in [0.29, 0.717) is 17.3 Å². The predicted molar refractivity (Wildman–Crippen MR) is 87.3 cm³/mol. The van der Waals surface area contributed by atoms with Gasteiger partial charge in [0.15, 0.2) is 0 Å². The molecule has 0 bridgehead atoms. The van der Waals surface area contributed by atoms with Gasteiger partial charge < -0.3 is 5.11 Å². The van der Waals surface area contributed by atoms with E-state index in [9.17, 15) is 18.3 Å². The molecule has 5 nitrogen and oxygen atoms in total. The van der Waals surface area contributed by atoms with Gasteiger partial charge in [-0.3, -0.25) is 0 Å². The van der Waals surface area contributed by atoms with Crippen LogP contribution in [0.15, 0.2) is 59.6 Å². The topological polar surface area (TPSA) is 76.4 Å². The Balaban J connectivity index is 2.40. The van der Waals surface area contributed by atoms with E-state index >= 15 is 0 Å². The van der Waals surface area contributed by atoms with Crippen LogP contribution in [-0.4, -0.2) is 23.5 Å². The smallest absolute Gasteiger partial charge is 0.337 e. The Hall–Kier alpha value is -2.60. The number of aryl methyl sites for hydroxylation is 1. The van der Waals surface area contributed by atoms with Gasteiger partial charge >= 0.3 is 5.97 Å². The Kier molecular flexibility index (Phi) is 3.69. The summed E-state index contributed by atoms with van der Waals surface area (Å²) in [6, 6.07) is 13.2. The number of nitrogens with zero attached hydrogens (tertiary/aromatic N) is 1. The molecule has 1 aromatic heterocycles. The Morgan fingerprint density at radius 1 is 1.09 bits per heavy atom. The van der Waals surface area contributed by atoms with Gasteiger partial charge in [0, 0.05) is 11.6 Å². The highest BCUT2D eigenvalue weighted by molar-refractivity contribution is 7.90. The standard InChI is InChI=1S/C17H15NO4S/c1-2-12-7-6-10-14-15(17(19)20)11-18(16(12)14)23(21,22)13-8-4-3-5-9-13/h3-11H,2H2,1H3,(H,19,20). The molecule has 3 aromatic rings. The van der Waals surface area contributed by atoms with Gasteiger partial charge in [-0.25, -0.2) is 17.2 Å². The van der Waals surface area contributed by atoms with Gasteiger partial charge in [-0.15, -0.1) is 0 Å². The molecule has 0 unspecified atom stereocenters. The zero-order valence-corrected chi connectivity index (χ0v) is 13.2. The average molecular weight is 329 g/mol. The number of aromatic carboxylic acids is 1. The monoisotopic (exact) mass is 329 g/mol. The maximum absolute atomic E-state index is 12.9. The van der Waals surface area contributed by atoms with E-state index in [-0.39, 0.29) is 10.5 Å². The van der Waals surface area contributed by atoms with Gasteiger partial charge in [0.1, 0.15) is 0 Å². The number of fused-ring (bicyclic) bond motifs is 1. The number of hydrogen-bond acceptors (Lipinski definition) is 3. The molecule has 6 heteroatoms. The van der Waals surface area contributed by atoms with Crippen molar-refractivity contribution >= 4 is 26.9 Å². The summed E-state index contributed by atoms with van der Waals surface area (Å²) in [5.41, 5.74) is 1.19. The number of para-hydroxylation sites is 1. The van der Waals surface area contributed by atoms with Crippen LogP contribution in [0.2, 0.25) is 0 Å². The zero-order valence-electron chi connectivity index (χ0n) is 12.4. The number of carbonyl (C=O) groups is 1. The van der Waals surface area contributed by atoms with E-state index in [4.69, 9.17) is 0 Å². The van der Waals surface area contributed by atoms with E-state index in [1.54, 1.807) is 30.3 Å². The number of rotatable bonds is 4. The zero-order chi connectivity index (χ0) is 16.6. The SMILES string of the molecule is CCc1cccc2c(C(=O)O)cn(S(=O)(=O)c3ccccc3)c12. The number of carboxylic acid groups (broad SMARTS) is 1. The quantitative estimate of drug-likeness (QED) is 0.798. The fourth-order valence-electron chi connectivity index (χ4n) is 2.67. The molecule has 0 aliphatic rings. The summed E-state index contributed by atoms with van der Waals surface area (Å²) < 4.78 is 26.9. The van der Waals surface area contributed by atoms with Crippen molar-refractivity contribution in [3.63, 3.8) is 0 Å². The molecule has 0 fully saturated rings. The van der Waals surface area contributed by atoms with Crippen molar-refractivity contribution in [3.8, 4) is 0 Å². The molecule has 0 amide bonds. The number of aromatic nitrogens is 1. The molecule has 118 valence electrons. The van der Waals surface area contributed by atoms with E-state index in [1.165, 1.54) is 18.3 Å². The van der Waals surface area contributed by atoms with Gasteiger partial charge in [0.2, 0.25) is 0 Å². The van der Waals surface area contributed by atoms with Crippen LogP contribution in [0.1, 0.15) is 22.8 Å². The molecule has 0 aliphatic carbocycles. The lowest BCUT2D eigenvalue weighted by Gasteiger charge is -2.09. The van der Waals surface area contributed by atoms with Gasteiger partial charge in [-0.05, 0) is 24.1 Å². The summed E-state index contributed by atoms with van der Waals surface area (Å²) in [5.74, 6) is -1.15. The molecule has 0 radical (unpaired) electrons. The molecule has 0 atom stereocenters. The van der Waals surface area contributed by atoms with Crippen molar-refractivity contribution in [2.45, 2.75) is 18.2 Å². The minimum absolute atomic E-state index is 0.0187. The highest BCUT2D eigenvalue weighted by Gasteiger charge is 2.24. The first-order chi connectivity index (χ1) is 11.0. The van der Waals surface area contributed by atoms with Gasteiger partial charge in [-0.1, -0.05) is 43.3 Å². The summed E-state index contributed by atoms with van der Waals surface area (Å²) in [5, 5.41) is 9.82. The molecule has 1 heterocycles. The van der Waals surface area contributed by atoms with Gasteiger partial charge in [-0.2, -0.15) is 0 Å². The lowest BCUT2D eigenvalue weighted by molar-refractivity contribution is 0.0699. The molecule has 3 rings (SSSR count). The number of hydrogen-bond donors (Lipinski definition) is 1. The number of benzene rings is 2. The summed E-state index contributed by atoms with van der Waals surface area (Å²) in [6.45, 7) is 1.90. The Morgan fingerprint density at radius 2 is 1.78 bits per heavy atom. The summed E-state index contributed by atoms with van der Waals surface area (Å²) >= 11 is 0. The minimum Gasteiger partial charge on any atom is -0.478 e. The van der Waals surface area contributed by atoms with Crippen molar-refractivity contribution in [2.75, 3.05) is 0 Å². The first kappa shape index (κ1) is 15.3. The van der Waals surface area contributed by atoms with Crippen LogP contribution in [-0.2, 0) is 16.4 Å². The molecule has 1 N–H and O–H groups in total. The fourth-order valence-corrected chi connectivity index (χ4v) is 4.10. The highest BCUT2D eigenvalue weighted by Crippen LogP contribution is 2.29. The summed E-state index contributed by atoms with van der Waals surface area (Å²) in [4.78, 5) is 11.6. The molecular weight excluding hydrogens is 314 g/mol. The first-order valence-electron chi connectivity index (χ1n) is 7.13. The molecule has 23 heavy (non-hydrogen) atoms. The van der Waals surface area contributed by atoms with Crippen molar-refractivity contribution in [1.29, 1.82) is 0 Å². The maximum Gasteiger partial charge on any atom is 0.337 e. The van der Waals surface area contributed by atoms with Crippen LogP contribution in [0.25, 0.3) is 10.9 Å². The van der Waals surface area contributed by atoms with E-state index in [2.05, 4.69) is 0 Å². The molecule has 0 saturated carbocycles. The Labute approximate surface area is 133 Å². The van der Waals surface area contributed by atoms with Crippen LogP contribution in [0.5, 0.6) is 0 Å². The fraction of sp³-hybridized carbons (Fsp3) is 0.118. The summed E-state index contributed by atoms with van der Waals surface area (Å²) in [7, 11) is -3.86. The normalized spacial score (nSPS) is 11.7. The third kappa shape index (κ3) is 2.41. The molecule has 0 aliphatic heterocycles. The second kappa shape index (κ2) is 5.55. The maximum atomic E-state index is 12.9. The Morgan fingerprint density at radius 3 is 2.39 bits per heavy atom. The highest BCUT2D eigenvalue weighted by atomic mass is 32.2. The van der Waals surface area contributed by atoms with Gasteiger partial charge in [0.25, 0.3) is 10.0 Å². The van der Waals surface area contributed by atoms with Gasteiger partial charge in [0.05, 0.1) is 16.0 Å². The van der Waals surface area contributed by atoms with Crippen LogP contribution < -0.4 is 0 Å². The second-order valence-electron chi connectivity index (χ2n) is 5.13. The van der Waals surface area contributed by atoms with Crippen LogP contribution in [0.3, 0.4) is 0 Å². The predicted octanol–water partition coefficient (Wildman–Crippen LogP) is 3.14. The average Bonchev–Trinajstić information content (AvgIpc) is 2.96. The van der Waals surface area contributed by atoms with Crippen LogP contribution in [0.4, 0.5) is 0 Å². The van der Waals surface area contributed by atoms with Crippen LogP contribution in [0, 0.1) is 0 Å². The largest absolute Gasteiger partial charge is 0.478 e. The van der Waals surface area contributed by atoms with E-state index in [1.807, 2.05) is 13.0 Å². The molecule has 0 spiro atoms. The molecule has 2 aromatic carbocycles. The van der Waals surface area contributed by atoms with E-state index in [0.717, 1.165) is 9.54 Å². The lowest BCUT2D eigenvalue weighted by Crippen LogP contribution is -2.12. The first-order valence-corrected chi connectivity index (χ1v) is 8.57.